The summed E-state index contributed by atoms with van der Waals surface area (Å²) in [6.45, 7) is 0.411. The first-order valence-corrected chi connectivity index (χ1v) is 6.17. The van der Waals surface area contributed by atoms with Crippen molar-refractivity contribution in [3.8, 4) is 18.1 Å². The molecule has 0 spiro atoms. The predicted octanol–water partition coefficient (Wildman–Crippen LogP) is 3.06. The molecule has 3 heteroatoms. The maximum atomic E-state index is 11.8. The van der Waals surface area contributed by atoms with Gasteiger partial charge >= 0.3 is 5.97 Å². The molecule has 0 N–H and O–H groups in total. The lowest BCUT2D eigenvalue weighted by Gasteiger charge is -2.07. The first kappa shape index (κ1) is 13.7. The standard InChI is InChI=1S/C17H14O3/c1-2-11-19-16-10-6-7-14(12-16)13-20-17(18)15-8-4-3-5-9-15/h1,3-10,12H,11,13H2. The van der Waals surface area contributed by atoms with Gasteiger partial charge in [-0.2, -0.15) is 0 Å². The van der Waals surface area contributed by atoms with Gasteiger partial charge < -0.3 is 9.47 Å². The second kappa shape index (κ2) is 7.01. The summed E-state index contributed by atoms with van der Waals surface area (Å²) in [6.07, 6.45) is 5.13. The topological polar surface area (TPSA) is 35.5 Å². The Labute approximate surface area is 118 Å². The van der Waals surface area contributed by atoms with Gasteiger partial charge in [0.2, 0.25) is 0 Å². The van der Waals surface area contributed by atoms with E-state index in [1.807, 2.05) is 18.2 Å². The molecule has 0 aliphatic carbocycles. The van der Waals surface area contributed by atoms with Gasteiger partial charge in [0.25, 0.3) is 0 Å². The lowest BCUT2D eigenvalue weighted by molar-refractivity contribution is 0.0472. The third-order valence-electron chi connectivity index (χ3n) is 2.60. The number of carbonyl (C=O) groups is 1. The van der Waals surface area contributed by atoms with E-state index in [1.54, 1.807) is 36.4 Å². The molecule has 0 radical (unpaired) electrons. The van der Waals surface area contributed by atoms with Gasteiger partial charge in [-0.1, -0.05) is 36.3 Å². The summed E-state index contributed by atoms with van der Waals surface area (Å²) in [5, 5.41) is 0. The largest absolute Gasteiger partial charge is 0.481 e. The Morgan fingerprint density at radius 2 is 1.90 bits per heavy atom. The van der Waals surface area contributed by atoms with Crippen molar-refractivity contribution >= 4 is 5.97 Å². The molecule has 0 aromatic heterocycles. The van der Waals surface area contributed by atoms with Gasteiger partial charge in [-0.25, -0.2) is 4.79 Å². The average molecular weight is 266 g/mol. The molecule has 0 bridgehead atoms. The normalized spacial score (nSPS) is 9.55. The first-order valence-electron chi connectivity index (χ1n) is 6.17. The highest BCUT2D eigenvalue weighted by Gasteiger charge is 2.06. The summed E-state index contributed by atoms with van der Waals surface area (Å²) < 4.78 is 10.5. The van der Waals surface area contributed by atoms with Gasteiger partial charge in [0, 0.05) is 0 Å². The van der Waals surface area contributed by atoms with Crippen molar-refractivity contribution in [2.75, 3.05) is 6.61 Å². The van der Waals surface area contributed by atoms with Crippen LogP contribution >= 0.6 is 0 Å². The van der Waals surface area contributed by atoms with E-state index in [9.17, 15) is 4.79 Å². The van der Waals surface area contributed by atoms with Crippen LogP contribution in [0.2, 0.25) is 0 Å². The van der Waals surface area contributed by atoms with Crippen LogP contribution in [0.4, 0.5) is 0 Å². The molecule has 0 heterocycles. The van der Waals surface area contributed by atoms with E-state index in [1.165, 1.54) is 0 Å². The van der Waals surface area contributed by atoms with E-state index in [2.05, 4.69) is 5.92 Å². The number of terminal acetylenes is 1. The van der Waals surface area contributed by atoms with Crippen LogP contribution < -0.4 is 4.74 Å². The molecule has 0 saturated heterocycles. The number of ether oxygens (including phenoxy) is 2. The smallest absolute Gasteiger partial charge is 0.338 e. The second-order valence-corrected chi connectivity index (χ2v) is 4.08. The molecule has 0 fully saturated rings. The summed E-state index contributed by atoms with van der Waals surface area (Å²) in [6, 6.07) is 16.2. The zero-order valence-corrected chi connectivity index (χ0v) is 10.9. The Kier molecular flexibility index (Phi) is 4.80. The van der Waals surface area contributed by atoms with Crippen molar-refractivity contribution < 1.29 is 14.3 Å². The van der Waals surface area contributed by atoms with Crippen molar-refractivity contribution in [1.29, 1.82) is 0 Å². The SMILES string of the molecule is C#CCOc1cccc(COC(=O)c2ccccc2)c1. The average Bonchev–Trinajstić information content (AvgIpc) is 2.52. The highest BCUT2D eigenvalue weighted by atomic mass is 16.5. The van der Waals surface area contributed by atoms with E-state index in [4.69, 9.17) is 15.9 Å². The van der Waals surface area contributed by atoms with Gasteiger partial charge in [-0.3, -0.25) is 0 Å². The minimum absolute atomic E-state index is 0.195. The molecule has 100 valence electrons. The molecule has 20 heavy (non-hydrogen) atoms. The van der Waals surface area contributed by atoms with Crippen LogP contribution in [0.15, 0.2) is 54.6 Å². The third kappa shape index (κ3) is 3.89. The zero-order chi connectivity index (χ0) is 14.2. The minimum atomic E-state index is -0.347. The van der Waals surface area contributed by atoms with Gasteiger partial charge in [-0.05, 0) is 29.8 Å². The van der Waals surface area contributed by atoms with Crippen LogP contribution in [-0.4, -0.2) is 12.6 Å². The van der Waals surface area contributed by atoms with Crippen molar-refractivity contribution in [3.05, 3.63) is 65.7 Å². The molecule has 0 saturated carbocycles. The van der Waals surface area contributed by atoms with Crippen molar-refractivity contribution in [2.45, 2.75) is 6.61 Å². The Balaban J connectivity index is 1.94. The fourth-order valence-electron chi connectivity index (χ4n) is 1.66. The Hall–Kier alpha value is -2.73. The van der Waals surface area contributed by atoms with Gasteiger partial charge in [0.15, 0.2) is 0 Å². The van der Waals surface area contributed by atoms with Crippen LogP contribution in [0, 0.1) is 12.3 Å². The minimum Gasteiger partial charge on any atom is -0.481 e. The van der Waals surface area contributed by atoms with Crippen LogP contribution in [0.3, 0.4) is 0 Å². The summed E-state index contributed by atoms with van der Waals surface area (Å²) in [5.74, 6) is 2.72. The number of hydrogen-bond donors (Lipinski definition) is 0. The first-order chi connectivity index (χ1) is 9.79. The van der Waals surface area contributed by atoms with E-state index in [0.29, 0.717) is 11.3 Å². The summed E-state index contributed by atoms with van der Waals surface area (Å²) in [4.78, 5) is 11.8. The van der Waals surface area contributed by atoms with Gasteiger partial charge in [-0.15, -0.1) is 6.42 Å². The Morgan fingerprint density at radius 3 is 2.65 bits per heavy atom. The lowest BCUT2D eigenvalue weighted by Crippen LogP contribution is -2.05. The van der Waals surface area contributed by atoms with Gasteiger partial charge in [0.1, 0.15) is 19.0 Å². The van der Waals surface area contributed by atoms with Crippen molar-refractivity contribution in [2.24, 2.45) is 0 Å². The molecule has 0 amide bonds. The Bertz CT molecular complexity index is 612. The Morgan fingerprint density at radius 1 is 1.10 bits per heavy atom. The molecule has 0 atom stereocenters. The lowest BCUT2D eigenvalue weighted by atomic mass is 10.2. The fraction of sp³-hybridized carbons (Fsp3) is 0.118. The quantitative estimate of drug-likeness (QED) is 0.616. The summed E-state index contributed by atoms with van der Waals surface area (Å²) in [7, 11) is 0. The number of esters is 1. The molecular weight excluding hydrogens is 252 g/mol. The van der Waals surface area contributed by atoms with Crippen LogP contribution in [0.1, 0.15) is 15.9 Å². The maximum absolute atomic E-state index is 11.8. The van der Waals surface area contributed by atoms with Crippen LogP contribution in [-0.2, 0) is 11.3 Å². The maximum Gasteiger partial charge on any atom is 0.338 e. The second-order valence-electron chi connectivity index (χ2n) is 4.08. The molecule has 0 aliphatic heterocycles. The monoisotopic (exact) mass is 266 g/mol. The molecule has 2 rings (SSSR count). The number of hydrogen-bond acceptors (Lipinski definition) is 3. The molecule has 2 aromatic rings. The fourth-order valence-corrected chi connectivity index (χ4v) is 1.66. The van der Waals surface area contributed by atoms with Gasteiger partial charge in [0.05, 0.1) is 5.56 Å². The molecule has 2 aromatic carbocycles. The number of carbonyl (C=O) groups excluding carboxylic acids is 1. The highest BCUT2D eigenvalue weighted by molar-refractivity contribution is 5.89. The zero-order valence-electron chi connectivity index (χ0n) is 10.9. The van der Waals surface area contributed by atoms with E-state index >= 15 is 0 Å². The van der Waals surface area contributed by atoms with Crippen molar-refractivity contribution in [1.82, 2.24) is 0 Å². The third-order valence-corrected chi connectivity index (χ3v) is 2.60. The number of rotatable bonds is 5. The summed E-state index contributed by atoms with van der Waals surface area (Å²) >= 11 is 0. The predicted molar refractivity (Wildman–Crippen MR) is 76.3 cm³/mol. The molecule has 3 nitrogen and oxygen atoms in total. The highest BCUT2D eigenvalue weighted by Crippen LogP contribution is 2.14. The number of benzene rings is 2. The van der Waals surface area contributed by atoms with Crippen LogP contribution in [0.5, 0.6) is 5.75 Å². The van der Waals surface area contributed by atoms with Crippen LogP contribution in [0.25, 0.3) is 0 Å². The molecule has 0 unspecified atom stereocenters. The van der Waals surface area contributed by atoms with Crippen molar-refractivity contribution in [3.63, 3.8) is 0 Å². The van der Waals surface area contributed by atoms with E-state index in [-0.39, 0.29) is 19.2 Å². The molecule has 0 aliphatic rings. The molecular formula is C17H14O3. The van der Waals surface area contributed by atoms with E-state index in [0.717, 1.165) is 5.56 Å². The summed E-state index contributed by atoms with van der Waals surface area (Å²) in [5.41, 5.74) is 1.39. The van der Waals surface area contributed by atoms with E-state index < -0.39 is 0 Å².